The molecule has 0 atom stereocenters. The van der Waals surface area contributed by atoms with E-state index in [2.05, 4.69) is 73.7 Å². The third-order valence-electron chi connectivity index (χ3n) is 7.22. The molecule has 0 radical (unpaired) electrons. The number of rotatable bonds is 5. The number of fused-ring (bicyclic) bond motifs is 1. The minimum atomic E-state index is 0.626. The van der Waals surface area contributed by atoms with Crippen LogP contribution in [0.5, 0.6) is 0 Å². The topological polar surface area (TPSA) is 51.6 Å². The monoisotopic (exact) mass is 526 g/mol. The second kappa shape index (κ2) is 10.6. The van der Waals surface area contributed by atoms with E-state index in [1.54, 1.807) is 0 Å². The molecule has 0 spiro atoms. The Hall–Kier alpha value is -5.48. The summed E-state index contributed by atoms with van der Waals surface area (Å²) in [5.74, 6) is 1.91. The molecule has 194 valence electrons. The van der Waals surface area contributed by atoms with Crippen LogP contribution in [0.1, 0.15) is 5.56 Å². The van der Waals surface area contributed by atoms with Crippen LogP contribution in [-0.4, -0.2) is 19.9 Å². The van der Waals surface area contributed by atoms with Gasteiger partial charge >= 0.3 is 0 Å². The lowest BCUT2D eigenvalue weighted by atomic mass is 9.94. The molecular formula is C37H26N4. The fourth-order valence-electron chi connectivity index (χ4n) is 5.10. The summed E-state index contributed by atoms with van der Waals surface area (Å²) in [5, 5.41) is 1.10. The number of hydrogen-bond acceptors (Lipinski definition) is 4. The molecule has 41 heavy (non-hydrogen) atoms. The van der Waals surface area contributed by atoms with Gasteiger partial charge in [0.25, 0.3) is 0 Å². The van der Waals surface area contributed by atoms with Gasteiger partial charge in [0, 0.05) is 33.8 Å². The maximum atomic E-state index is 5.01. The van der Waals surface area contributed by atoms with Crippen molar-refractivity contribution in [2.45, 2.75) is 6.92 Å². The molecule has 2 heterocycles. The highest BCUT2D eigenvalue weighted by atomic mass is 15.0. The summed E-state index contributed by atoms with van der Waals surface area (Å²) in [7, 11) is 0. The van der Waals surface area contributed by atoms with E-state index in [1.165, 1.54) is 5.56 Å². The summed E-state index contributed by atoms with van der Waals surface area (Å²) in [5.41, 5.74) is 9.35. The smallest absolute Gasteiger partial charge is 0.164 e. The summed E-state index contributed by atoms with van der Waals surface area (Å²) in [6, 6.07) is 45.7. The van der Waals surface area contributed by atoms with E-state index in [4.69, 9.17) is 19.9 Å². The van der Waals surface area contributed by atoms with Crippen LogP contribution in [0.25, 0.3) is 67.3 Å². The van der Waals surface area contributed by atoms with Gasteiger partial charge in [-0.25, -0.2) is 15.0 Å². The lowest BCUT2D eigenvalue weighted by Crippen LogP contribution is -2.00. The molecule has 0 aliphatic rings. The van der Waals surface area contributed by atoms with Crippen LogP contribution in [0.3, 0.4) is 0 Å². The van der Waals surface area contributed by atoms with Gasteiger partial charge in [0.05, 0.1) is 5.52 Å². The summed E-state index contributed by atoms with van der Waals surface area (Å²) >= 11 is 0. The molecule has 4 nitrogen and oxygen atoms in total. The van der Waals surface area contributed by atoms with Gasteiger partial charge in [-0.2, -0.15) is 0 Å². The Kier molecular flexibility index (Phi) is 6.34. The van der Waals surface area contributed by atoms with Crippen LogP contribution in [0.15, 0.2) is 140 Å². The third kappa shape index (κ3) is 4.99. The first-order valence-electron chi connectivity index (χ1n) is 13.6. The number of pyridine rings is 1. The summed E-state index contributed by atoms with van der Waals surface area (Å²) in [4.78, 5) is 19.6. The van der Waals surface area contributed by atoms with E-state index < -0.39 is 0 Å². The average molecular weight is 527 g/mol. The zero-order chi connectivity index (χ0) is 27.6. The van der Waals surface area contributed by atoms with Gasteiger partial charge in [-0.15, -0.1) is 0 Å². The molecule has 2 aromatic heterocycles. The van der Waals surface area contributed by atoms with Crippen LogP contribution in [-0.2, 0) is 0 Å². The maximum absolute atomic E-state index is 5.01. The number of hydrogen-bond donors (Lipinski definition) is 0. The zero-order valence-electron chi connectivity index (χ0n) is 22.6. The molecule has 0 N–H and O–H groups in total. The number of para-hydroxylation sites is 1. The molecule has 5 aromatic carbocycles. The molecule has 7 aromatic rings. The van der Waals surface area contributed by atoms with E-state index in [1.807, 2.05) is 72.9 Å². The minimum absolute atomic E-state index is 0.626. The van der Waals surface area contributed by atoms with Crippen molar-refractivity contribution in [1.29, 1.82) is 0 Å². The molecule has 0 aliphatic carbocycles. The maximum Gasteiger partial charge on any atom is 0.164 e. The van der Waals surface area contributed by atoms with E-state index in [-0.39, 0.29) is 0 Å². The third-order valence-corrected chi connectivity index (χ3v) is 7.22. The van der Waals surface area contributed by atoms with E-state index >= 15 is 0 Å². The second-order valence-corrected chi connectivity index (χ2v) is 10.1. The van der Waals surface area contributed by atoms with Crippen molar-refractivity contribution in [1.82, 2.24) is 19.9 Å². The molecule has 0 saturated carbocycles. The molecule has 0 unspecified atom stereocenters. The van der Waals surface area contributed by atoms with Gasteiger partial charge in [0.15, 0.2) is 17.5 Å². The Balaban J connectivity index is 1.48. The fourth-order valence-corrected chi connectivity index (χ4v) is 5.10. The Labute approximate surface area is 239 Å². The van der Waals surface area contributed by atoms with E-state index in [0.717, 1.165) is 49.8 Å². The highest BCUT2D eigenvalue weighted by molar-refractivity contribution is 5.95. The normalized spacial score (nSPS) is 11.0. The molecule has 7 rings (SSSR count). The van der Waals surface area contributed by atoms with E-state index in [0.29, 0.717) is 17.5 Å². The predicted octanol–water partition coefficient (Wildman–Crippen LogP) is 9.06. The summed E-state index contributed by atoms with van der Waals surface area (Å²) in [6.45, 7) is 2.11. The molecule has 0 fully saturated rings. The van der Waals surface area contributed by atoms with Crippen LogP contribution in [0.4, 0.5) is 0 Å². The fraction of sp³-hybridized carbons (Fsp3) is 0.0270. The molecule has 0 bridgehead atoms. The molecule has 0 amide bonds. The van der Waals surface area contributed by atoms with Crippen molar-refractivity contribution < 1.29 is 0 Å². The Bertz CT molecular complexity index is 1920. The van der Waals surface area contributed by atoms with Crippen LogP contribution < -0.4 is 0 Å². The first-order chi connectivity index (χ1) is 20.2. The molecule has 0 saturated heterocycles. The SMILES string of the molecule is Cc1ccc(-c2cc(-c3nc(-c4ccccc4)nc(-c4ccccc4)n3)cc(-c3cccc4cccnc34)c2)cc1. The van der Waals surface area contributed by atoms with Crippen molar-refractivity contribution in [3.8, 4) is 56.4 Å². The summed E-state index contributed by atoms with van der Waals surface area (Å²) in [6.07, 6.45) is 1.85. The van der Waals surface area contributed by atoms with Crippen molar-refractivity contribution in [2.75, 3.05) is 0 Å². The highest BCUT2D eigenvalue weighted by Crippen LogP contribution is 2.35. The van der Waals surface area contributed by atoms with Crippen LogP contribution >= 0.6 is 0 Å². The van der Waals surface area contributed by atoms with Gasteiger partial charge in [-0.05, 0) is 47.9 Å². The number of nitrogens with zero attached hydrogens (tertiary/aromatic N) is 4. The Morgan fingerprint density at radius 3 is 1.63 bits per heavy atom. The standard InChI is InChI=1S/C37H26N4/c1-25-17-19-26(20-18-25)30-22-31(33-16-8-14-27-15-9-21-38-34(27)33)24-32(23-30)37-40-35(28-10-4-2-5-11-28)39-36(41-37)29-12-6-3-7-13-29/h2-24H,1H3. The molecule has 0 aliphatic heterocycles. The second-order valence-electron chi connectivity index (χ2n) is 10.1. The van der Waals surface area contributed by atoms with Gasteiger partial charge in [0.1, 0.15) is 0 Å². The number of aryl methyl sites for hydroxylation is 1. The van der Waals surface area contributed by atoms with Crippen molar-refractivity contribution in [3.63, 3.8) is 0 Å². The zero-order valence-corrected chi connectivity index (χ0v) is 22.6. The predicted molar refractivity (Wildman–Crippen MR) is 167 cm³/mol. The average Bonchev–Trinajstić information content (AvgIpc) is 3.05. The number of benzene rings is 5. The lowest BCUT2D eigenvalue weighted by Gasteiger charge is -2.13. The first-order valence-corrected chi connectivity index (χ1v) is 13.6. The largest absolute Gasteiger partial charge is 0.256 e. The van der Waals surface area contributed by atoms with E-state index in [9.17, 15) is 0 Å². The van der Waals surface area contributed by atoms with Gasteiger partial charge < -0.3 is 0 Å². The van der Waals surface area contributed by atoms with Crippen LogP contribution in [0, 0.1) is 6.92 Å². The molecular weight excluding hydrogens is 500 g/mol. The van der Waals surface area contributed by atoms with Gasteiger partial charge in [-0.1, -0.05) is 115 Å². The van der Waals surface area contributed by atoms with Crippen molar-refractivity contribution in [3.05, 3.63) is 145 Å². The first kappa shape index (κ1) is 24.6. The Morgan fingerprint density at radius 1 is 0.415 bits per heavy atom. The van der Waals surface area contributed by atoms with Gasteiger partial charge in [0.2, 0.25) is 0 Å². The van der Waals surface area contributed by atoms with Crippen LogP contribution in [0.2, 0.25) is 0 Å². The quantitative estimate of drug-likeness (QED) is 0.224. The van der Waals surface area contributed by atoms with Gasteiger partial charge in [-0.3, -0.25) is 4.98 Å². The van der Waals surface area contributed by atoms with Crippen molar-refractivity contribution in [2.24, 2.45) is 0 Å². The lowest BCUT2D eigenvalue weighted by molar-refractivity contribution is 1.07. The Morgan fingerprint density at radius 2 is 0.976 bits per heavy atom. The van der Waals surface area contributed by atoms with Crippen molar-refractivity contribution >= 4 is 10.9 Å². The minimum Gasteiger partial charge on any atom is -0.256 e. The molecule has 4 heteroatoms. The number of aromatic nitrogens is 4. The summed E-state index contributed by atoms with van der Waals surface area (Å²) < 4.78 is 0. The highest BCUT2D eigenvalue weighted by Gasteiger charge is 2.15.